The number of ether oxygens (including phenoxy) is 1. The number of hydrogen-bond acceptors (Lipinski definition) is 4. The molecule has 1 amide bonds. The van der Waals surface area contributed by atoms with Gasteiger partial charge in [-0.2, -0.15) is 0 Å². The molecule has 2 aliphatic carbocycles. The van der Waals surface area contributed by atoms with Gasteiger partial charge in [0.25, 0.3) is 11.5 Å². The van der Waals surface area contributed by atoms with Crippen molar-refractivity contribution in [3.8, 4) is 0 Å². The van der Waals surface area contributed by atoms with E-state index in [1.54, 1.807) is 19.9 Å². The van der Waals surface area contributed by atoms with E-state index < -0.39 is 17.4 Å². The van der Waals surface area contributed by atoms with E-state index in [1.165, 1.54) is 32.1 Å². The molecule has 0 saturated heterocycles. The van der Waals surface area contributed by atoms with Gasteiger partial charge < -0.3 is 19.1 Å². The lowest BCUT2D eigenvalue weighted by molar-refractivity contribution is -0.870. The van der Waals surface area contributed by atoms with E-state index in [0.29, 0.717) is 19.1 Å². The zero-order valence-electron chi connectivity index (χ0n) is 23.3. The molecule has 202 valence electrons. The molecule has 1 heterocycles. The van der Waals surface area contributed by atoms with Gasteiger partial charge in [0.1, 0.15) is 11.1 Å². The predicted octanol–water partition coefficient (Wildman–Crippen LogP) is 4.24. The van der Waals surface area contributed by atoms with Crippen molar-refractivity contribution in [2.75, 3.05) is 34.3 Å². The number of esters is 1. The van der Waals surface area contributed by atoms with Crippen LogP contribution < -0.4 is 10.9 Å². The molecule has 0 spiro atoms. The van der Waals surface area contributed by atoms with Crippen LogP contribution in [-0.4, -0.2) is 60.8 Å². The van der Waals surface area contributed by atoms with E-state index in [9.17, 15) is 14.4 Å². The summed E-state index contributed by atoms with van der Waals surface area (Å²) in [6, 6.07) is 1.80. The largest absolute Gasteiger partial charge is 0.464 e. The Morgan fingerprint density at radius 2 is 1.67 bits per heavy atom. The zero-order valence-corrected chi connectivity index (χ0v) is 23.3. The Labute approximate surface area is 217 Å². The van der Waals surface area contributed by atoms with Crippen LogP contribution in [0.3, 0.4) is 0 Å². The van der Waals surface area contributed by atoms with E-state index in [2.05, 4.69) is 26.5 Å². The standard InChI is InChI=1S/C29H47N3O4/c1-29(2,28(35)36-19-13-18-32(3,4)5)30-26(33)24-20-23-16-11-6-7-12-17-25(23)31(27(24)34)21-22-14-9-8-10-15-22/h20,22H,6-19,21H2,1-5H3/p+1. The van der Waals surface area contributed by atoms with Crippen molar-refractivity contribution in [2.45, 2.75) is 103 Å². The average Bonchev–Trinajstić information content (AvgIpc) is 2.79. The van der Waals surface area contributed by atoms with Crippen LogP contribution in [0.5, 0.6) is 0 Å². The maximum atomic E-state index is 13.7. The smallest absolute Gasteiger partial charge is 0.331 e. The van der Waals surface area contributed by atoms with E-state index in [0.717, 1.165) is 67.2 Å². The number of quaternary nitrogens is 1. The summed E-state index contributed by atoms with van der Waals surface area (Å²) in [5.41, 5.74) is 0.952. The highest BCUT2D eigenvalue weighted by atomic mass is 16.5. The molecule has 0 unspecified atom stereocenters. The Balaban J connectivity index is 1.80. The number of carbonyl (C=O) groups excluding carboxylic acids is 2. The second-order valence-electron chi connectivity index (χ2n) is 12.4. The Kier molecular flexibility index (Phi) is 9.79. The number of fused-ring (bicyclic) bond motifs is 1. The van der Waals surface area contributed by atoms with Crippen LogP contribution in [0.4, 0.5) is 0 Å². The van der Waals surface area contributed by atoms with E-state index in [-0.39, 0.29) is 11.1 Å². The van der Waals surface area contributed by atoms with Gasteiger partial charge in [-0.05, 0) is 69.9 Å². The van der Waals surface area contributed by atoms with E-state index >= 15 is 0 Å². The number of aromatic nitrogens is 1. The molecular weight excluding hydrogens is 454 g/mol. The molecule has 1 saturated carbocycles. The van der Waals surface area contributed by atoms with Crippen LogP contribution in [0.1, 0.15) is 99.7 Å². The molecule has 36 heavy (non-hydrogen) atoms. The molecular formula is C29H48N3O4+. The summed E-state index contributed by atoms with van der Waals surface area (Å²) >= 11 is 0. The van der Waals surface area contributed by atoms with Gasteiger partial charge in [-0.25, -0.2) is 4.79 Å². The molecule has 0 bridgehead atoms. The second kappa shape index (κ2) is 12.4. The number of rotatable bonds is 9. The summed E-state index contributed by atoms with van der Waals surface area (Å²) < 4.78 is 8.18. The molecule has 0 radical (unpaired) electrons. The highest BCUT2D eigenvalue weighted by molar-refractivity contribution is 5.97. The fourth-order valence-electron chi connectivity index (χ4n) is 5.50. The summed E-state index contributed by atoms with van der Waals surface area (Å²) in [6.45, 7) is 5.17. The van der Waals surface area contributed by atoms with Gasteiger partial charge in [-0.3, -0.25) is 9.59 Å². The number of pyridine rings is 1. The van der Waals surface area contributed by atoms with Crippen LogP contribution in [0.2, 0.25) is 0 Å². The minimum atomic E-state index is -1.22. The van der Waals surface area contributed by atoms with Gasteiger partial charge in [0, 0.05) is 18.7 Å². The summed E-state index contributed by atoms with van der Waals surface area (Å²) in [4.78, 5) is 39.9. The van der Waals surface area contributed by atoms with E-state index in [1.807, 2.05) is 4.57 Å². The van der Waals surface area contributed by atoms with Crippen molar-refractivity contribution < 1.29 is 18.8 Å². The number of hydrogen-bond donors (Lipinski definition) is 1. The van der Waals surface area contributed by atoms with Crippen molar-refractivity contribution in [3.63, 3.8) is 0 Å². The Hall–Kier alpha value is -2.15. The average molecular weight is 503 g/mol. The van der Waals surface area contributed by atoms with Crippen LogP contribution >= 0.6 is 0 Å². The maximum absolute atomic E-state index is 13.7. The van der Waals surface area contributed by atoms with Gasteiger partial charge in [0.2, 0.25) is 0 Å². The molecule has 0 aliphatic heterocycles. The first-order valence-electron chi connectivity index (χ1n) is 14.0. The van der Waals surface area contributed by atoms with Gasteiger partial charge >= 0.3 is 5.97 Å². The number of nitrogens with zero attached hydrogens (tertiary/aromatic N) is 2. The Morgan fingerprint density at radius 1 is 1.03 bits per heavy atom. The van der Waals surface area contributed by atoms with Crippen LogP contribution in [-0.2, 0) is 28.9 Å². The first kappa shape index (κ1) is 28.4. The molecule has 7 heteroatoms. The molecule has 1 aromatic rings. The molecule has 0 aromatic carbocycles. The highest BCUT2D eigenvalue weighted by Gasteiger charge is 2.33. The molecule has 7 nitrogen and oxygen atoms in total. The third-order valence-corrected chi connectivity index (χ3v) is 7.65. The SMILES string of the molecule is CC(C)(NC(=O)c1cc2c(n(CC3CCCCC3)c1=O)CCCCCC2)C(=O)OCCC[N+](C)(C)C. The molecule has 2 aliphatic rings. The third kappa shape index (κ3) is 7.92. The quantitative estimate of drug-likeness (QED) is 0.311. The van der Waals surface area contributed by atoms with Crippen molar-refractivity contribution in [1.82, 2.24) is 9.88 Å². The monoisotopic (exact) mass is 502 g/mol. The van der Waals surface area contributed by atoms with Crippen molar-refractivity contribution in [1.29, 1.82) is 0 Å². The van der Waals surface area contributed by atoms with Crippen LogP contribution in [0, 0.1) is 5.92 Å². The summed E-state index contributed by atoms with van der Waals surface area (Å²) in [7, 11) is 6.28. The maximum Gasteiger partial charge on any atom is 0.331 e. The molecule has 1 fully saturated rings. The molecule has 1 aromatic heterocycles. The fraction of sp³-hybridized carbons (Fsp3) is 0.759. The Morgan fingerprint density at radius 3 is 2.33 bits per heavy atom. The fourth-order valence-corrected chi connectivity index (χ4v) is 5.50. The topological polar surface area (TPSA) is 77.4 Å². The Bertz CT molecular complexity index is 968. The van der Waals surface area contributed by atoms with Crippen LogP contribution in [0.15, 0.2) is 10.9 Å². The highest BCUT2D eigenvalue weighted by Crippen LogP contribution is 2.27. The van der Waals surface area contributed by atoms with Crippen LogP contribution in [0.25, 0.3) is 0 Å². The summed E-state index contributed by atoms with van der Waals surface area (Å²) in [6.07, 6.45) is 13.0. The lowest BCUT2D eigenvalue weighted by atomic mass is 9.88. The second-order valence-corrected chi connectivity index (χ2v) is 12.4. The number of carbonyl (C=O) groups is 2. The van der Waals surface area contributed by atoms with Crippen molar-refractivity contribution in [2.24, 2.45) is 5.92 Å². The zero-order chi connectivity index (χ0) is 26.3. The van der Waals surface area contributed by atoms with Gasteiger partial charge in [-0.1, -0.05) is 32.1 Å². The van der Waals surface area contributed by atoms with Crippen molar-refractivity contribution in [3.05, 3.63) is 33.2 Å². The first-order valence-corrected chi connectivity index (χ1v) is 14.0. The summed E-state index contributed by atoms with van der Waals surface area (Å²) in [5.74, 6) is -0.482. The molecule has 3 rings (SSSR count). The van der Waals surface area contributed by atoms with Crippen molar-refractivity contribution >= 4 is 11.9 Å². The summed E-state index contributed by atoms with van der Waals surface area (Å²) in [5, 5.41) is 2.81. The molecule has 1 N–H and O–H groups in total. The van der Waals surface area contributed by atoms with Gasteiger partial charge in [-0.15, -0.1) is 0 Å². The lowest BCUT2D eigenvalue weighted by Gasteiger charge is -2.28. The number of aryl methyl sites for hydroxylation is 1. The first-order chi connectivity index (χ1) is 17.0. The van der Waals surface area contributed by atoms with Gasteiger partial charge in [0.15, 0.2) is 0 Å². The lowest BCUT2D eigenvalue weighted by Crippen LogP contribution is -2.52. The van der Waals surface area contributed by atoms with E-state index in [4.69, 9.17) is 4.74 Å². The minimum Gasteiger partial charge on any atom is -0.464 e. The van der Waals surface area contributed by atoms with Gasteiger partial charge in [0.05, 0.1) is 34.3 Å². The number of nitrogens with one attached hydrogen (secondary N) is 1. The molecule has 0 atom stereocenters. The number of amides is 1. The normalized spacial score (nSPS) is 17.6. The minimum absolute atomic E-state index is 0.149. The third-order valence-electron chi connectivity index (χ3n) is 7.65. The predicted molar refractivity (Wildman–Crippen MR) is 143 cm³/mol.